The predicted molar refractivity (Wildman–Crippen MR) is 123 cm³/mol. The molecule has 3 aromatic rings. The molecule has 0 spiro atoms. The zero-order valence-corrected chi connectivity index (χ0v) is 18.6. The molecule has 2 aromatic carbocycles. The summed E-state index contributed by atoms with van der Waals surface area (Å²) in [7, 11) is 3.29. The molecule has 0 saturated carbocycles. The third kappa shape index (κ3) is 4.88. The highest BCUT2D eigenvalue weighted by Crippen LogP contribution is 2.30. The van der Waals surface area contributed by atoms with E-state index < -0.39 is 0 Å². The maximum Gasteiger partial charge on any atom is 0.223 e. The Kier molecular flexibility index (Phi) is 6.63. The van der Waals surface area contributed by atoms with Crippen molar-refractivity contribution in [2.24, 2.45) is 0 Å². The molecular weight excluding hydrogens is 406 g/mol. The first-order valence-corrected chi connectivity index (χ1v) is 10.9. The molecule has 0 atom stereocenters. The minimum absolute atomic E-state index is 0.0122. The summed E-state index contributed by atoms with van der Waals surface area (Å²) >= 11 is 0. The Balaban J connectivity index is 1.26. The van der Waals surface area contributed by atoms with Gasteiger partial charge in [0.25, 0.3) is 0 Å². The van der Waals surface area contributed by atoms with E-state index in [0.29, 0.717) is 19.6 Å². The lowest BCUT2D eigenvalue weighted by Crippen LogP contribution is -2.36. The molecule has 0 aliphatic carbocycles. The summed E-state index contributed by atoms with van der Waals surface area (Å²) < 4.78 is 10.5. The molecule has 2 amide bonds. The van der Waals surface area contributed by atoms with Crippen LogP contribution in [0.1, 0.15) is 29.7 Å². The zero-order chi connectivity index (χ0) is 22.5. The highest BCUT2D eigenvalue weighted by Gasteiger charge is 2.24. The number of aromatic nitrogens is 1. The number of methoxy groups -OCH3 is 2. The van der Waals surface area contributed by atoms with Gasteiger partial charge in [0.15, 0.2) is 0 Å². The number of fused-ring (bicyclic) bond motifs is 3. The second-order valence-corrected chi connectivity index (χ2v) is 8.01. The number of carbonyl (C=O) groups excluding carboxylic acids is 2. The number of ether oxygens (including phenoxy) is 2. The molecule has 7 heteroatoms. The minimum atomic E-state index is -0.0959. The first-order chi connectivity index (χ1) is 15.6. The third-order valence-corrected chi connectivity index (χ3v) is 6.00. The van der Waals surface area contributed by atoms with E-state index in [-0.39, 0.29) is 24.7 Å². The second-order valence-electron chi connectivity index (χ2n) is 8.01. The fourth-order valence-corrected chi connectivity index (χ4v) is 4.14. The van der Waals surface area contributed by atoms with E-state index in [9.17, 15) is 9.59 Å². The van der Waals surface area contributed by atoms with Gasteiger partial charge in [-0.1, -0.05) is 12.1 Å². The maximum absolute atomic E-state index is 12.7. The van der Waals surface area contributed by atoms with Gasteiger partial charge in [-0.3, -0.25) is 9.59 Å². The lowest BCUT2D eigenvalue weighted by molar-refractivity contribution is -0.134. The van der Waals surface area contributed by atoms with Crippen LogP contribution in [-0.4, -0.2) is 49.0 Å². The van der Waals surface area contributed by atoms with E-state index in [1.54, 1.807) is 14.2 Å². The summed E-state index contributed by atoms with van der Waals surface area (Å²) in [6, 6.07) is 13.7. The average molecular weight is 436 g/mol. The number of aromatic amines is 1. The molecule has 32 heavy (non-hydrogen) atoms. The van der Waals surface area contributed by atoms with Crippen LogP contribution in [0.25, 0.3) is 10.9 Å². The summed E-state index contributed by atoms with van der Waals surface area (Å²) in [4.78, 5) is 30.3. The number of amides is 2. The minimum Gasteiger partial charge on any atom is -0.497 e. The van der Waals surface area contributed by atoms with Crippen molar-refractivity contribution < 1.29 is 19.1 Å². The Morgan fingerprint density at radius 3 is 2.53 bits per heavy atom. The van der Waals surface area contributed by atoms with Crippen molar-refractivity contribution in [2.75, 3.05) is 27.3 Å². The molecule has 1 aromatic heterocycles. The summed E-state index contributed by atoms with van der Waals surface area (Å²) in [6.07, 6.45) is 1.94. The smallest absolute Gasteiger partial charge is 0.223 e. The molecule has 1 aliphatic rings. The van der Waals surface area contributed by atoms with Crippen LogP contribution in [0, 0.1) is 0 Å². The Labute approximate surface area is 187 Å². The van der Waals surface area contributed by atoms with Crippen molar-refractivity contribution in [1.82, 2.24) is 15.2 Å². The van der Waals surface area contributed by atoms with Gasteiger partial charge < -0.3 is 24.7 Å². The van der Waals surface area contributed by atoms with Crippen molar-refractivity contribution in [3.8, 4) is 11.5 Å². The SMILES string of the molecule is COc1ccc(CCNC(=O)CCC(=O)N2CCc3[nH]c4ccc(OC)cc4c3C2)cc1. The van der Waals surface area contributed by atoms with Crippen LogP contribution >= 0.6 is 0 Å². The zero-order valence-electron chi connectivity index (χ0n) is 18.6. The highest BCUT2D eigenvalue weighted by atomic mass is 16.5. The summed E-state index contributed by atoms with van der Waals surface area (Å²) in [5.41, 5.74) is 4.50. The first kappa shape index (κ1) is 21.7. The van der Waals surface area contributed by atoms with Gasteiger partial charge in [-0.25, -0.2) is 0 Å². The number of hydrogen-bond acceptors (Lipinski definition) is 4. The number of nitrogens with zero attached hydrogens (tertiary/aromatic N) is 1. The molecule has 0 fully saturated rings. The molecule has 7 nitrogen and oxygen atoms in total. The summed E-state index contributed by atoms with van der Waals surface area (Å²) in [5, 5.41) is 4.00. The van der Waals surface area contributed by atoms with E-state index in [0.717, 1.165) is 46.4 Å². The Morgan fingerprint density at radius 2 is 1.78 bits per heavy atom. The maximum atomic E-state index is 12.7. The van der Waals surface area contributed by atoms with Crippen LogP contribution in [0.2, 0.25) is 0 Å². The standard InChI is InChI=1S/C25H29N3O4/c1-31-18-5-3-17(4-6-18)11-13-26-24(29)9-10-25(30)28-14-12-23-21(16-28)20-15-19(32-2)7-8-22(20)27-23/h3-8,15,27H,9-14,16H2,1-2H3,(H,26,29). The van der Waals surface area contributed by atoms with Crippen LogP contribution in [0.3, 0.4) is 0 Å². The van der Waals surface area contributed by atoms with E-state index in [1.807, 2.05) is 47.4 Å². The van der Waals surface area contributed by atoms with Crippen LogP contribution in [0.5, 0.6) is 11.5 Å². The van der Waals surface area contributed by atoms with Crippen molar-refractivity contribution in [1.29, 1.82) is 0 Å². The number of carbonyl (C=O) groups is 2. The number of H-pyrrole nitrogens is 1. The van der Waals surface area contributed by atoms with Crippen molar-refractivity contribution >= 4 is 22.7 Å². The Morgan fingerprint density at radius 1 is 1.03 bits per heavy atom. The molecule has 0 bridgehead atoms. The molecule has 4 rings (SSSR count). The van der Waals surface area contributed by atoms with E-state index in [2.05, 4.69) is 10.3 Å². The Hall–Kier alpha value is -3.48. The summed E-state index contributed by atoms with van der Waals surface area (Å²) in [5.74, 6) is 1.53. The van der Waals surface area contributed by atoms with Crippen molar-refractivity contribution in [3.63, 3.8) is 0 Å². The molecule has 168 valence electrons. The largest absolute Gasteiger partial charge is 0.497 e. The lowest BCUT2D eigenvalue weighted by Gasteiger charge is -2.27. The number of nitrogens with one attached hydrogen (secondary N) is 2. The monoisotopic (exact) mass is 435 g/mol. The quantitative estimate of drug-likeness (QED) is 0.569. The molecule has 2 heterocycles. The van der Waals surface area contributed by atoms with Gasteiger partial charge in [0, 0.05) is 61.1 Å². The first-order valence-electron chi connectivity index (χ1n) is 10.9. The summed E-state index contributed by atoms with van der Waals surface area (Å²) in [6.45, 7) is 1.76. The van der Waals surface area contributed by atoms with Gasteiger partial charge in [-0.2, -0.15) is 0 Å². The van der Waals surface area contributed by atoms with Gasteiger partial charge in [-0.15, -0.1) is 0 Å². The van der Waals surface area contributed by atoms with E-state index in [1.165, 1.54) is 5.69 Å². The number of rotatable bonds is 8. The average Bonchev–Trinajstić information content (AvgIpc) is 3.20. The van der Waals surface area contributed by atoms with E-state index >= 15 is 0 Å². The van der Waals surface area contributed by atoms with Gasteiger partial charge in [0.2, 0.25) is 11.8 Å². The normalized spacial score (nSPS) is 13.0. The molecular formula is C25H29N3O4. The highest BCUT2D eigenvalue weighted by molar-refractivity contribution is 5.88. The fourth-order valence-electron chi connectivity index (χ4n) is 4.14. The van der Waals surface area contributed by atoms with Crippen LogP contribution < -0.4 is 14.8 Å². The second kappa shape index (κ2) is 9.77. The van der Waals surface area contributed by atoms with Crippen molar-refractivity contribution in [3.05, 3.63) is 59.3 Å². The fraction of sp³-hybridized carbons (Fsp3) is 0.360. The van der Waals surface area contributed by atoms with Crippen molar-refractivity contribution in [2.45, 2.75) is 32.2 Å². The predicted octanol–water partition coefficient (Wildman–Crippen LogP) is 3.21. The van der Waals surface area contributed by atoms with E-state index in [4.69, 9.17) is 9.47 Å². The number of hydrogen-bond donors (Lipinski definition) is 2. The molecule has 1 aliphatic heterocycles. The van der Waals surface area contributed by atoms with Gasteiger partial charge in [0.05, 0.1) is 14.2 Å². The molecule has 2 N–H and O–H groups in total. The topological polar surface area (TPSA) is 83.7 Å². The van der Waals surface area contributed by atoms with Gasteiger partial charge in [0.1, 0.15) is 11.5 Å². The molecule has 0 saturated heterocycles. The third-order valence-electron chi connectivity index (χ3n) is 6.00. The molecule has 0 unspecified atom stereocenters. The Bertz CT molecular complexity index is 1100. The van der Waals surface area contributed by atoms with Crippen LogP contribution in [0.15, 0.2) is 42.5 Å². The van der Waals surface area contributed by atoms with Crippen LogP contribution in [0.4, 0.5) is 0 Å². The number of benzene rings is 2. The van der Waals surface area contributed by atoms with Crippen LogP contribution in [-0.2, 0) is 29.0 Å². The lowest BCUT2D eigenvalue weighted by atomic mass is 10.0. The van der Waals surface area contributed by atoms with Gasteiger partial charge in [-0.05, 0) is 42.3 Å². The van der Waals surface area contributed by atoms with Gasteiger partial charge >= 0.3 is 0 Å². The molecule has 0 radical (unpaired) electrons.